The molecule has 0 fully saturated rings. The molecule has 0 radical (unpaired) electrons. The van der Waals surface area contributed by atoms with E-state index in [9.17, 15) is 0 Å². The Labute approximate surface area is 94.4 Å². The van der Waals surface area contributed by atoms with Gasteiger partial charge in [-0.15, -0.1) is 5.10 Å². The van der Waals surface area contributed by atoms with Crippen molar-refractivity contribution in [2.24, 2.45) is 0 Å². The van der Waals surface area contributed by atoms with Crippen LogP contribution in [-0.2, 0) is 0 Å². The Morgan fingerprint density at radius 1 is 1.20 bits per heavy atom. The lowest BCUT2D eigenvalue weighted by atomic mass is 10.2. The molecular formula is C9H4Cl2N4. The number of fused-ring (bicyclic) bond motifs is 3. The minimum absolute atomic E-state index is 0.405. The van der Waals surface area contributed by atoms with E-state index in [1.807, 2.05) is 6.07 Å². The van der Waals surface area contributed by atoms with Crippen LogP contribution in [0.15, 0.2) is 24.4 Å². The summed E-state index contributed by atoms with van der Waals surface area (Å²) >= 11 is 11.9. The van der Waals surface area contributed by atoms with Gasteiger partial charge in [-0.3, -0.25) is 0 Å². The molecule has 0 aliphatic rings. The predicted molar refractivity (Wildman–Crippen MR) is 58.3 cm³/mol. The number of nitrogens with zero attached hydrogens (tertiary/aromatic N) is 4. The van der Waals surface area contributed by atoms with Crippen molar-refractivity contribution in [2.75, 3.05) is 0 Å². The maximum absolute atomic E-state index is 6.03. The van der Waals surface area contributed by atoms with Crippen LogP contribution in [-0.4, -0.2) is 19.8 Å². The van der Waals surface area contributed by atoms with Crippen LogP contribution in [0, 0.1) is 0 Å². The smallest absolute Gasteiger partial charge is 0.177 e. The third-order valence-electron chi connectivity index (χ3n) is 2.15. The summed E-state index contributed by atoms with van der Waals surface area (Å²) in [4.78, 5) is 4.15. The molecule has 0 spiro atoms. The fourth-order valence-corrected chi connectivity index (χ4v) is 1.91. The zero-order valence-electron chi connectivity index (χ0n) is 7.35. The van der Waals surface area contributed by atoms with Crippen LogP contribution in [0.3, 0.4) is 0 Å². The standard InChI is InChI=1S/C9H4Cl2N4/c10-5-1-2-7-6(3-5)9(11)13-8-4-12-14-15(7)8/h1-4H. The van der Waals surface area contributed by atoms with E-state index in [2.05, 4.69) is 15.3 Å². The van der Waals surface area contributed by atoms with Gasteiger partial charge in [0.1, 0.15) is 5.15 Å². The summed E-state index contributed by atoms with van der Waals surface area (Å²) in [6, 6.07) is 5.38. The summed E-state index contributed by atoms with van der Waals surface area (Å²) in [6.45, 7) is 0. The van der Waals surface area contributed by atoms with Crippen molar-refractivity contribution >= 4 is 39.8 Å². The minimum Gasteiger partial charge on any atom is -0.214 e. The molecule has 6 heteroatoms. The van der Waals surface area contributed by atoms with Gasteiger partial charge in [0.05, 0.1) is 11.7 Å². The summed E-state index contributed by atoms with van der Waals surface area (Å²) in [7, 11) is 0. The fraction of sp³-hybridized carbons (Fsp3) is 0. The van der Waals surface area contributed by atoms with E-state index in [1.165, 1.54) is 0 Å². The Bertz CT molecular complexity index is 662. The average Bonchev–Trinajstić information content (AvgIpc) is 2.66. The summed E-state index contributed by atoms with van der Waals surface area (Å²) in [5.74, 6) is 0. The molecule has 0 unspecified atom stereocenters. The highest BCUT2D eigenvalue weighted by Crippen LogP contribution is 2.25. The fourth-order valence-electron chi connectivity index (χ4n) is 1.50. The maximum Gasteiger partial charge on any atom is 0.177 e. The highest BCUT2D eigenvalue weighted by molar-refractivity contribution is 6.35. The second kappa shape index (κ2) is 3.05. The number of aromatic nitrogens is 4. The van der Waals surface area contributed by atoms with E-state index in [-0.39, 0.29) is 0 Å². The second-order valence-corrected chi connectivity index (χ2v) is 3.86. The molecule has 0 N–H and O–H groups in total. The highest BCUT2D eigenvalue weighted by Gasteiger charge is 2.07. The Hall–Kier alpha value is -1.39. The van der Waals surface area contributed by atoms with Crippen LogP contribution in [0.2, 0.25) is 10.2 Å². The Morgan fingerprint density at radius 3 is 2.93 bits per heavy atom. The van der Waals surface area contributed by atoms with Gasteiger partial charge >= 0.3 is 0 Å². The first kappa shape index (κ1) is 8.88. The first-order valence-corrected chi connectivity index (χ1v) is 4.96. The van der Waals surface area contributed by atoms with Gasteiger partial charge in [0.15, 0.2) is 5.65 Å². The summed E-state index contributed by atoms with van der Waals surface area (Å²) in [5.41, 5.74) is 1.46. The van der Waals surface area contributed by atoms with Crippen LogP contribution >= 0.6 is 23.2 Å². The molecule has 4 nitrogen and oxygen atoms in total. The molecule has 74 valence electrons. The van der Waals surface area contributed by atoms with Gasteiger partial charge in [-0.05, 0) is 18.2 Å². The number of hydrogen-bond acceptors (Lipinski definition) is 3. The van der Waals surface area contributed by atoms with Gasteiger partial charge < -0.3 is 0 Å². The molecule has 0 atom stereocenters. The molecule has 0 saturated carbocycles. The average molecular weight is 239 g/mol. The lowest BCUT2D eigenvalue weighted by Crippen LogP contribution is -1.94. The van der Waals surface area contributed by atoms with Crippen molar-refractivity contribution in [3.8, 4) is 0 Å². The Kier molecular flexibility index (Phi) is 1.81. The molecule has 0 amide bonds. The zero-order chi connectivity index (χ0) is 10.4. The van der Waals surface area contributed by atoms with Gasteiger partial charge in [-0.1, -0.05) is 28.4 Å². The highest BCUT2D eigenvalue weighted by atomic mass is 35.5. The molecule has 3 aromatic rings. The van der Waals surface area contributed by atoms with E-state index < -0.39 is 0 Å². The van der Waals surface area contributed by atoms with Gasteiger partial charge in [-0.2, -0.15) is 4.52 Å². The van der Waals surface area contributed by atoms with Gasteiger partial charge in [-0.25, -0.2) is 4.98 Å². The van der Waals surface area contributed by atoms with E-state index in [1.54, 1.807) is 22.8 Å². The van der Waals surface area contributed by atoms with E-state index in [0.29, 0.717) is 15.8 Å². The summed E-state index contributed by atoms with van der Waals surface area (Å²) in [5, 5.41) is 9.48. The molecule has 15 heavy (non-hydrogen) atoms. The molecule has 0 aliphatic heterocycles. The van der Waals surface area contributed by atoms with E-state index >= 15 is 0 Å². The monoisotopic (exact) mass is 238 g/mol. The third kappa shape index (κ3) is 1.26. The van der Waals surface area contributed by atoms with Gasteiger partial charge in [0.25, 0.3) is 0 Å². The molecule has 2 aromatic heterocycles. The second-order valence-electron chi connectivity index (χ2n) is 3.07. The quantitative estimate of drug-likeness (QED) is 0.566. The van der Waals surface area contributed by atoms with Crippen molar-refractivity contribution in [2.45, 2.75) is 0 Å². The van der Waals surface area contributed by atoms with Crippen LogP contribution < -0.4 is 0 Å². The Balaban J connectivity index is 2.61. The largest absolute Gasteiger partial charge is 0.214 e. The normalized spacial score (nSPS) is 11.3. The van der Waals surface area contributed by atoms with Crippen LogP contribution in [0.1, 0.15) is 0 Å². The van der Waals surface area contributed by atoms with Crippen molar-refractivity contribution in [1.82, 2.24) is 19.8 Å². The summed E-state index contributed by atoms with van der Waals surface area (Å²) < 4.78 is 1.62. The van der Waals surface area contributed by atoms with Gasteiger partial charge in [0, 0.05) is 10.4 Å². The number of rotatable bonds is 0. The van der Waals surface area contributed by atoms with E-state index in [0.717, 1.165) is 10.9 Å². The molecule has 3 rings (SSSR count). The molecule has 1 aromatic carbocycles. The number of hydrogen-bond donors (Lipinski definition) is 0. The maximum atomic E-state index is 6.03. The topological polar surface area (TPSA) is 43.1 Å². The van der Waals surface area contributed by atoms with Gasteiger partial charge in [0.2, 0.25) is 0 Å². The predicted octanol–water partition coefficient (Wildman–Crippen LogP) is 2.58. The van der Waals surface area contributed by atoms with Crippen molar-refractivity contribution < 1.29 is 0 Å². The number of halogens is 2. The van der Waals surface area contributed by atoms with E-state index in [4.69, 9.17) is 23.2 Å². The van der Waals surface area contributed by atoms with Crippen LogP contribution in [0.25, 0.3) is 16.6 Å². The Morgan fingerprint density at radius 2 is 2.07 bits per heavy atom. The first-order valence-electron chi connectivity index (χ1n) is 4.21. The van der Waals surface area contributed by atoms with Crippen molar-refractivity contribution in [3.05, 3.63) is 34.6 Å². The zero-order valence-corrected chi connectivity index (χ0v) is 8.87. The molecule has 0 saturated heterocycles. The van der Waals surface area contributed by atoms with Crippen LogP contribution in [0.4, 0.5) is 0 Å². The van der Waals surface area contributed by atoms with Crippen molar-refractivity contribution in [1.29, 1.82) is 0 Å². The van der Waals surface area contributed by atoms with Crippen molar-refractivity contribution in [3.63, 3.8) is 0 Å². The first-order chi connectivity index (χ1) is 7.25. The number of benzene rings is 1. The van der Waals surface area contributed by atoms with Crippen LogP contribution in [0.5, 0.6) is 0 Å². The minimum atomic E-state index is 0.405. The summed E-state index contributed by atoms with van der Waals surface area (Å²) in [6.07, 6.45) is 1.56. The lowest BCUT2D eigenvalue weighted by Gasteiger charge is -2.02. The SMILES string of the molecule is Clc1ccc2c(c1)c(Cl)nc1cnnn12. The third-order valence-corrected chi connectivity index (χ3v) is 2.68. The lowest BCUT2D eigenvalue weighted by molar-refractivity contribution is 0.875. The molecular weight excluding hydrogens is 235 g/mol. The molecule has 0 bridgehead atoms. The molecule has 0 aliphatic carbocycles. The molecule has 2 heterocycles.